The van der Waals surface area contributed by atoms with Crippen LogP contribution in [-0.2, 0) is 6.54 Å². The van der Waals surface area contributed by atoms with E-state index in [0.29, 0.717) is 35.4 Å². The Labute approximate surface area is 203 Å². The number of aryl methyl sites for hydroxylation is 1. The minimum atomic E-state index is -0.589. The van der Waals surface area contributed by atoms with E-state index in [9.17, 15) is 9.59 Å². The van der Waals surface area contributed by atoms with Crippen molar-refractivity contribution in [3.05, 3.63) is 118 Å². The Bertz CT molecular complexity index is 1470. The number of benzene rings is 3. The van der Waals surface area contributed by atoms with Gasteiger partial charge in [-0.25, -0.2) is 0 Å². The average molecular weight is 468 g/mol. The molecule has 1 aliphatic heterocycles. The Balaban J connectivity index is 1.63. The van der Waals surface area contributed by atoms with Crippen LogP contribution in [0, 0.1) is 6.92 Å². The lowest BCUT2D eigenvalue weighted by atomic mass is 9.98. The van der Waals surface area contributed by atoms with E-state index in [0.717, 1.165) is 22.4 Å². The van der Waals surface area contributed by atoms with E-state index in [2.05, 4.69) is 6.58 Å². The van der Waals surface area contributed by atoms with Crippen LogP contribution in [0.1, 0.15) is 38.9 Å². The molecule has 0 aliphatic carbocycles. The van der Waals surface area contributed by atoms with Gasteiger partial charge in [0, 0.05) is 6.54 Å². The van der Waals surface area contributed by atoms with Crippen molar-refractivity contribution in [3.8, 4) is 11.5 Å². The first-order chi connectivity index (χ1) is 17.0. The SMILES string of the molecule is C=CCOc1ccc(C2c3c(oc4ccc(C)cc4c3=O)C(=O)N2Cc2ccc(OC)cc2)cc1. The zero-order chi connectivity index (χ0) is 24.5. The molecule has 0 fully saturated rings. The van der Waals surface area contributed by atoms with E-state index >= 15 is 0 Å². The molecule has 6 heteroatoms. The molecule has 0 saturated heterocycles. The topological polar surface area (TPSA) is 69.0 Å². The van der Waals surface area contributed by atoms with Crippen molar-refractivity contribution >= 4 is 16.9 Å². The van der Waals surface area contributed by atoms with Crippen molar-refractivity contribution in [2.75, 3.05) is 13.7 Å². The second-order valence-corrected chi connectivity index (χ2v) is 8.53. The fourth-order valence-electron chi connectivity index (χ4n) is 4.47. The highest BCUT2D eigenvalue weighted by Crippen LogP contribution is 2.39. The third-order valence-electron chi connectivity index (χ3n) is 6.20. The standard InChI is InChI=1S/C29H25NO5/c1-4-15-34-22-12-8-20(9-13-22)26-25-27(31)23-16-18(2)5-14-24(23)35-28(25)29(32)30(26)17-19-6-10-21(33-3)11-7-19/h4-14,16,26H,1,15,17H2,2-3H3. The Morgan fingerprint density at radius 2 is 1.71 bits per heavy atom. The van der Waals surface area contributed by atoms with Gasteiger partial charge in [-0.15, -0.1) is 0 Å². The summed E-state index contributed by atoms with van der Waals surface area (Å²) in [6.07, 6.45) is 1.68. The number of carbonyl (C=O) groups is 1. The third kappa shape index (κ3) is 4.08. The maximum atomic E-state index is 13.7. The minimum absolute atomic E-state index is 0.0943. The van der Waals surface area contributed by atoms with Gasteiger partial charge in [-0.1, -0.05) is 48.6 Å². The van der Waals surface area contributed by atoms with E-state index in [1.165, 1.54) is 0 Å². The molecule has 0 N–H and O–H groups in total. The molecule has 3 aromatic carbocycles. The maximum absolute atomic E-state index is 13.7. The third-order valence-corrected chi connectivity index (χ3v) is 6.20. The average Bonchev–Trinajstić information content (AvgIpc) is 3.15. The Morgan fingerprint density at radius 1 is 1.00 bits per heavy atom. The van der Waals surface area contributed by atoms with Crippen LogP contribution in [0.5, 0.6) is 11.5 Å². The van der Waals surface area contributed by atoms with Gasteiger partial charge in [0.15, 0.2) is 5.43 Å². The Hall–Kier alpha value is -4.32. The van der Waals surface area contributed by atoms with Gasteiger partial charge in [-0.3, -0.25) is 9.59 Å². The normalized spacial score (nSPS) is 14.7. The molecule has 0 radical (unpaired) electrons. The number of carbonyl (C=O) groups excluding carboxylic acids is 1. The van der Waals surface area contributed by atoms with Crippen LogP contribution in [0.4, 0.5) is 0 Å². The van der Waals surface area contributed by atoms with Crippen LogP contribution in [0.25, 0.3) is 11.0 Å². The smallest absolute Gasteiger partial charge is 0.291 e. The van der Waals surface area contributed by atoms with Crippen LogP contribution in [-0.4, -0.2) is 24.5 Å². The van der Waals surface area contributed by atoms with E-state index < -0.39 is 6.04 Å². The highest BCUT2D eigenvalue weighted by atomic mass is 16.5. The first kappa shape index (κ1) is 22.5. The fraction of sp³-hybridized carbons (Fsp3) is 0.172. The lowest BCUT2D eigenvalue weighted by Gasteiger charge is -2.25. The number of nitrogens with zero attached hydrogens (tertiary/aromatic N) is 1. The van der Waals surface area contributed by atoms with Gasteiger partial charge in [-0.2, -0.15) is 0 Å². The summed E-state index contributed by atoms with van der Waals surface area (Å²) in [5.74, 6) is 1.19. The fourth-order valence-corrected chi connectivity index (χ4v) is 4.47. The van der Waals surface area contributed by atoms with Crippen molar-refractivity contribution in [1.29, 1.82) is 0 Å². The van der Waals surface area contributed by atoms with E-state index in [4.69, 9.17) is 13.9 Å². The minimum Gasteiger partial charge on any atom is -0.497 e. The number of hydrogen-bond donors (Lipinski definition) is 0. The van der Waals surface area contributed by atoms with Gasteiger partial charge in [0.05, 0.1) is 24.1 Å². The zero-order valence-corrected chi connectivity index (χ0v) is 19.6. The van der Waals surface area contributed by atoms with E-state index in [-0.39, 0.29) is 17.1 Å². The summed E-state index contributed by atoms with van der Waals surface area (Å²) < 4.78 is 16.9. The van der Waals surface area contributed by atoms with Gasteiger partial charge in [0.2, 0.25) is 5.76 Å². The summed E-state index contributed by atoms with van der Waals surface area (Å²) in [6.45, 7) is 6.29. The van der Waals surface area contributed by atoms with Crippen molar-refractivity contribution in [2.24, 2.45) is 0 Å². The number of ether oxygens (including phenoxy) is 2. The molecule has 5 rings (SSSR count). The van der Waals surface area contributed by atoms with Crippen LogP contribution in [0.2, 0.25) is 0 Å². The summed E-state index contributed by atoms with van der Waals surface area (Å²) in [5.41, 5.74) is 3.25. The second kappa shape index (κ2) is 9.14. The molecule has 1 amide bonds. The monoisotopic (exact) mass is 467 g/mol. The predicted molar refractivity (Wildman–Crippen MR) is 134 cm³/mol. The molecule has 0 bridgehead atoms. The van der Waals surface area contributed by atoms with Gasteiger partial charge < -0.3 is 18.8 Å². The van der Waals surface area contributed by atoms with Crippen molar-refractivity contribution in [2.45, 2.75) is 19.5 Å². The molecule has 4 aromatic rings. The summed E-state index contributed by atoms with van der Waals surface area (Å²) in [5, 5.41) is 0.471. The molecule has 1 aliphatic rings. The second-order valence-electron chi connectivity index (χ2n) is 8.53. The number of fused-ring (bicyclic) bond motifs is 2. The summed E-state index contributed by atoms with van der Waals surface area (Å²) in [6, 6.07) is 19.8. The van der Waals surface area contributed by atoms with Gasteiger partial charge in [0.1, 0.15) is 23.7 Å². The van der Waals surface area contributed by atoms with Crippen LogP contribution < -0.4 is 14.9 Å². The van der Waals surface area contributed by atoms with Crippen LogP contribution in [0.3, 0.4) is 0 Å². The molecule has 6 nitrogen and oxygen atoms in total. The molecule has 176 valence electrons. The highest BCUT2D eigenvalue weighted by Gasteiger charge is 2.42. The maximum Gasteiger partial charge on any atom is 0.291 e. The largest absolute Gasteiger partial charge is 0.497 e. The molecular formula is C29H25NO5. The van der Waals surface area contributed by atoms with Gasteiger partial charge in [0.25, 0.3) is 5.91 Å². The molecule has 2 heterocycles. The molecular weight excluding hydrogens is 442 g/mol. The summed E-state index contributed by atoms with van der Waals surface area (Å²) in [7, 11) is 1.61. The van der Waals surface area contributed by atoms with Crippen LogP contribution in [0.15, 0.2) is 88.6 Å². The lowest BCUT2D eigenvalue weighted by molar-refractivity contribution is 0.0714. The molecule has 1 atom stereocenters. The predicted octanol–water partition coefficient (Wildman–Crippen LogP) is 5.42. The molecule has 1 aromatic heterocycles. The quantitative estimate of drug-likeness (QED) is 0.340. The lowest BCUT2D eigenvalue weighted by Crippen LogP contribution is -2.29. The molecule has 1 unspecified atom stereocenters. The summed E-state index contributed by atoms with van der Waals surface area (Å²) >= 11 is 0. The van der Waals surface area contributed by atoms with Crippen molar-refractivity contribution in [3.63, 3.8) is 0 Å². The van der Waals surface area contributed by atoms with E-state index in [1.54, 1.807) is 30.2 Å². The Morgan fingerprint density at radius 3 is 2.40 bits per heavy atom. The zero-order valence-electron chi connectivity index (χ0n) is 19.6. The van der Waals surface area contributed by atoms with Crippen molar-refractivity contribution < 1.29 is 18.7 Å². The summed E-state index contributed by atoms with van der Waals surface area (Å²) in [4.78, 5) is 29.0. The van der Waals surface area contributed by atoms with E-state index in [1.807, 2.05) is 61.5 Å². The molecule has 0 spiro atoms. The number of rotatable bonds is 7. The van der Waals surface area contributed by atoms with Gasteiger partial charge >= 0.3 is 0 Å². The Kier molecular flexibility index (Phi) is 5.87. The first-order valence-corrected chi connectivity index (χ1v) is 11.3. The molecule has 0 saturated carbocycles. The number of methoxy groups -OCH3 is 1. The first-order valence-electron chi connectivity index (χ1n) is 11.3. The van der Waals surface area contributed by atoms with Gasteiger partial charge in [-0.05, 0) is 54.4 Å². The van der Waals surface area contributed by atoms with Crippen LogP contribution >= 0.6 is 0 Å². The van der Waals surface area contributed by atoms with Crippen molar-refractivity contribution in [1.82, 2.24) is 4.90 Å². The molecule has 35 heavy (non-hydrogen) atoms. The number of amides is 1. The highest BCUT2D eigenvalue weighted by molar-refractivity contribution is 5.99. The number of hydrogen-bond acceptors (Lipinski definition) is 5.